The van der Waals surface area contributed by atoms with Crippen LogP contribution in [0.4, 0.5) is 0 Å². The lowest BCUT2D eigenvalue weighted by Crippen LogP contribution is -1.99. The molecule has 0 bridgehead atoms. The lowest BCUT2D eigenvalue weighted by molar-refractivity contribution is 1.00. The van der Waals surface area contributed by atoms with Crippen LogP contribution in [0, 0.1) is 0 Å². The third kappa shape index (κ3) is 1.13. The smallest absolute Gasteiger partial charge is 0.0780 e. The van der Waals surface area contributed by atoms with E-state index in [1.54, 1.807) is 0 Å². The number of nitrogens with one attached hydrogen (secondary N) is 1. The number of nitrogens with two attached hydrogens (primary N) is 1. The molecule has 1 aromatic carbocycles. The van der Waals surface area contributed by atoms with Gasteiger partial charge >= 0.3 is 0 Å². The molecule has 0 aliphatic heterocycles. The van der Waals surface area contributed by atoms with Crippen molar-refractivity contribution < 1.29 is 0 Å². The first-order valence-corrected chi connectivity index (χ1v) is 4.94. The minimum atomic E-state index is 0.462. The van der Waals surface area contributed by atoms with E-state index in [0.29, 0.717) is 6.54 Å². The summed E-state index contributed by atoms with van der Waals surface area (Å²) in [6.45, 7) is 0.462. The van der Waals surface area contributed by atoms with Gasteiger partial charge in [-0.2, -0.15) is 0 Å². The second-order valence-electron chi connectivity index (χ2n) is 3.55. The summed E-state index contributed by atoms with van der Waals surface area (Å²) >= 11 is 0. The Morgan fingerprint density at radius 1 is 1.13 bits per heavy atom. The molecule has 0 saturated heterocycles. The second-order valence-corrected chi connectivity index (χ2v) is 3.55. The van der Waals surface area contributed by atoms with E-state index in [1.165, 1.54) is 10.8 Å². The molecule has 0 fully saturated rings. The lowest BCUT2D eigenvalue weighted by atomic mass is 10.1. The molecule has 0 aliphatic carbocycles. The number of rotatable bonds is 1. The Morgan fingerprint density at radius 3 is 2.87 bits per heavy atom. The summed E-state index contributed by atoms with van der Waals surface area (Å²) in [6.07, 6.45) is 1.81. The minimum Gasteiger partial charge on any atom is -0.353 e. The normalized spacial score (nSPS) is 11.3. The topological polar surface area (TPSA) is 54.7 Å². The first-order chi connectivity index (χ1) is 7.40. The minimum absolute atomic E-state index is 0.462. The van der Waals surface area contributed by atoms with Crippen molar-refractivity contribution in [3.63, 3.8) is 0 Å². The molecule has 0 atom stereocenters. The molecule has 2 heterocycles. The van der Waals surface area contributed by atoms with Crippen LogP contribution in [-0.2, 0) is 6.54 Å². The molecule has 0 spiro atoms. The standard InChI is InChI=1S/C12H11N3/c13-7-11-12-9(5-6-14-11)8-3-1-2-4-10(8)15-12/h1-6,15H,7,13H2. The highest BCUT2D eigenvalue weighted by molar-refractivity contribution is 6.07. The van der Waals surface area contributed by atoms with Crippen LogP contribution in [-0.4, -0.2) is 9.97 Å². The van der Waals surface area contributed by atoms with E-state index in [2.05, 4.69) is 22.1 Å². The van der Waals surface area contributed by atoms with Crippen LogP contribution in [0.3, 0.4) is 0 Å². The number of hydrogen-bond acceptors (Lipinski definition) is 2. The highest BCUT2D eigenvalue weighted by atomic mass is 14.8. The first kappa shape index (κ1) is 8.44. The summed E-state index contributed by atoms with van der Waals surface area (Å²) in [5, 5.41) is 2.42. The molecule has 3 heteroatoms. The van der Waals surface area contributed by atoms with Crippen LogP contribution in [0.2, 0.25) is 0 Å². The van der Waals surface area contributed by atoms with Gasteiger partial charge in [-0.25, -0.2) is 0 Å². The number of hydrogen-bond donors (Lipinski definition) is 2. The molecule has 0 unspecified atom stereocenters. The Morgan fingerprint density at radius 2 is 2.00 bits per heavy atom. The predicted octanol–water partition coefficient (Wildman–Crippen LogP) is 2.17. The summed E-state index contributed by atoms with van der Waals surface area (Å²) in [4.78, 5) is 7.62. The van der Waals surface area contributed by atoms with Gasteiger partial charge in [-0.05, 0) is 12.1 Å². The number of para-hydroxylation sites is 1. The average molecular weight is 197 g/mol. The van der Waals surface area contributed by atoms with E-state index in [0.717, 1.165) is 16.7 Å². The quantitative estimate of drug-likeness (QED) is 0.628. The summed E-state index contributed by atoms with van der Waals surface area (Å²) in [7, 11) is 0. The zero-order valence-electron chi connectivity index (χ0n) is 8.20. The monoisotopic (exact) mass is 197 g/mol. The van der Waals surface area contributed by atoms with Crippen LogP contribution >= 0.6 is 0 Å². The van der Waals surface area contributed by atoms with Gasteiger partial charge in [-0.1, -0.05) is 18.2 Å². The van der Waals surface area contributed by atoms with E-state index in [9.17, 15) is 0 Å². The van der Waals surface area contributed by atoms with Gasteiger partial charge in [0.05, 0.1) is 11.2 Å². The molecule has 2 aromatic heterocycles. The van der Waals surface area contributed by atoms with Crippen molar-refractivity contribution in [3.05, 3.63) is 42.2 Å². The van der Waals surface area contributed by atoms with E-state index >= 15 is 0 Å². The molecule has 0 radical (unpaired) electrons. The van der Waals surface area contributed by atoms with E-state index < -0.39 is 0 Å². The first-order valence-electron chi connectivity index (χ1n) is 4.94. The summed E-state index contributed by atoms with van der Waals surface area (Å²) in [5.41, 5.74) is 8.77. The van der Waals surface area contributed by atoms with Crippen LogP contribution in [0.5, 0.6) is 0 Å². The Bertz CT molecular complexity index is 625. The zero-order chi connectivity index (χ0) is 10.3. The van der Waals surface area contributed by atoms with Gasteiger partial charge in [-0.15, -0.1) is 0 Å². The van der Waals surface area contributed by atoms with Crippen molar-refractivity contribution in [1.29, 1.82) is 0 Å². The van der Waals surface area contributed by atoms with Crippen molar-refractivity contribution in [1.82, 2.24) is 9.97 Å². The molecule has 74 valence electrons. The summed E-state index contributed by atoms with van der Waals surface area (Å²) < 4.78 is 0. The van der Waals surface area contributed by atoms with Gasteiger partial charge in [0.2, 0.25) is 0 Å². The Balaban J connectivity index is 2.53. The fraction of sp³-hybridized carbons (Fsp3) is 0.0833. The van der Waals surface area contributed by atoms with E-state index in [-0.39, 0.29) is 0 Å². The SMILES string of the molecule is NCc1nccc2c1[nH]c1ccccc12. The number of pyridine rings is 1. The molecule has 3 N–H and O–H groups in total. The number of H-pyrrole nitrogens is 1. The van der Waals surface area contributed by atoms with Gasteiger partial charge in [0.25, 0.3) is 0 Å². The molecule has 15 heavy (non-hydrogen) atoms. The maximum Gasteiger partial charge on any atom is 0.0780 e. The van der Waals surface area contributed by atoms with E-state index in [4.69, 9.17) is 5.73 Å². The molecule has 3 nitrogen and oxygen atoms in total. The van der Waals surface area contributed by atoms with Crippen LogP contribution in [0.1, 0.15) is 5.69 Å². The van der Waals surface area contributed by atoms with Crippen LogP contribution < -0.4 is 5.73 Å². The molecule has 3 aromatic rings. The maximum atomic E-state index is 5.66. The van der Waals surface area contributed by atoms with E-state index in [1.807, 2.05) is 24.4 Å². The highest BCUT2D eigenvalue weighted by Crippen LogP contribution is 2.25. The summed E-state index contributed by atoms with van der Waals surface area (Å²) in [5.74, 6) is 0. The van der Waals surface area contributed by atoms with Crippen LogP contribution in [0.15, 0.2) is 36.5 Å². The van der Waals surface area contributed by atoms with Gasteiger partial charge in [0, 0.05) is 29.0 Å². The third-order valence-electron chi connectivity index (χ3n) is 2.70. The Hall–Kier alpha value is -1.87. The second kappa shape index (κ2) is 3.07. The molecular formula is C12H11N3. The van der Waals surface area contributed by atoms with Crippen molar-refractivity contribution in [2.24, 2.45) is 5.73 Å². The fourth-order valence-electron chi connectivity index (χ4n) is 1.99. The van der Waals surface area contributed by atoms with Gasteiger partial charge in [0.1, 0.15) is 0 Å². The summed E-state index contributed by atoms with van der Waals surface area (Å²) in [6, 6.07) is 10.3. The van der Waals surface area contributed by atoms with Crippen molar-refractivity contribution in [3.8, 4) is 0 Å². The molecule has 0 aliphatic rings. The Kier molecular flexibility index (Phi) is 1.73. The fourth-order valence-corrected chi connectivity index (χ4v) is 1.99. The van der Waals surface area contributed by atoms with Crippen LogP contribution in [0.25, 0.3) is 21.8 Å². The molecule has 0 amide bonds. The van der Waals surface area contributed by atoms with Gasteiger partial charge in [0.15, 0.2) is 0 Å². The largest absolute Gasteiger partial charge is 0.353 e. The molecular weight excluding hydrogens is 186 g/mol. The number of aromatic amines is 1. The third-order valence-corrected chi connectivity index (χ3v) is 2.70. The lowest BCUT2D eigenvalue weighted by Gasteiger charge is -1.96. The average Bonchev–Trinajstić information content (AvgIpc) is 2.67. The zero-order valence-corrected chi connectivity index (χ0v) is 8.20. The van der Waals surface area contributed by atoms with Crippen molar-refractivity contribution in [2.45, 2.75) is 6.54 Å². The van der Waals surface area contributed by atoms with Gasteiger partial charge < -0.3 is 10.7 Å². The number of fused-ring (bicyclic) bond motifs is 3. The number of nitrogens with zero attached hydrogens (tertiary/aromatic N) is 1. The number of benzene rings is 1. The highest BCUT2D eigenvalue weighted by Gasteiger charge is 2.06. The Labute approximate surface area is 86.9 Å². The number of aromatic nitrogens is 2. The molecule has 3 rings (SSSR count). The van der Waals surface area contributed by atoms with Gasteiger partial charge in [-0.3, -0.25) is 4.98 Å². The molecule has 0 saturated carbocycles. The van der Waals surface area contributed by atoms with Crippen molar-refractivity contribution in [2.75, 3.05) is 0 Å². The predicted molar refractivity (Wildman–Crippen MR) is 61.5 cm³/mol. The van der Waals surface area contributed by atoms with Crippen molar-refractivity contribution >= 4 is 21.8 Å². The maximum absolute atomic E-state index is 5.66.